The second-order valence-electron chi connectivity index (χ2n) is 7.97. The molecule has 2 heterocycles. The lowest BCUT2D eigenvalue weighted by Gasteiger charge is -2.13. The fraction of sp³-hybridized carbons (Fsp3) is 0.292. The van der Waals surface area contributed by atoms with Crippen molar-refractivity contribution in [3.05, 3.63) is 53.7 Å². The fourth-order valence-electron chi connectivity index (χ4n) is 3.78. The molecule has 0 aliphatic rings. The summed E-state index contributed by atoms with van der Waals surface area (Å²) in [6.45, 7) is 3.17. The van der Waals surface area contributed by atoms with E-state index in [1.165, 1.54) is 0 Å². The number of pyridine rings is 1. The second-order valence-corrected chi connectivity index (χ2v) is 10.7. The average Bonchev–Trinajstić information content (AvgIpc) is 3.15. The maximum Gasteiger partial charge on any atom is 0.178 e. The number of aromatic amines is 1. The standard InChI is InChI=1S/C24H26ClN3O3S.ClH/c1-4-32(29,30)18-8-5-7-16(13-18)19-9-10-21(31-12-6-11-28(2)3)23-22(19)20-14-17(25)15-26-24(20)27-23;/h5,7-10,13-15H,4,6,11-12H2,1-3H3,(H,26,27);1H. The molecule has 0 amide bonds. The van der Waals surface area contributed by atoms with Gasteiger partial charge >= 0.3 is 0 Å². The van der Waals surface area contributed by atoms with Crippen molar-refractivity contribution in [3.63, 3.8) is 0 Å². The number of sulfone groups is 1. The molecule has 9 heteroatoms. The molecular weight excluding hydrogens is 481 g/mol. The molecule has 0 atom stereocenters. The number of rotatable bonds is 8. The first-order chi connectivity index (χ1) is 15.3. The normalized spacial score (nSPS) is 11.8. The molecule has 33 heavy (non-hydrogen) atoms. The number of fused-ring (bicyclic) bond motifs is 3. The monoisotopic (exact) mass is 507 g/mol. The first-order valence-corrected chi connectivity index (χ1v) is 12.5. The Hall–Kier alpha value is -2.32. The van der Waals surface area contributed by atoms with Gasteiger partial charge in [-0.3, -0.25) is 0 Å². The van der Waals surface area contributed by atoms with Crippen LogP contribution in [0.1, 0.15) is 13.3 Å². The van der Waals surface area contributed by atoms with Gasteiger partial charge in [-0.15, -0.1) is 12.4 Å². The molecule has 0 aliphatic heterocycles. The van der Waals surface area contributed by atoms with Crippen LogP contribution in [0.4, 0.5) is 0 Å². The Kier molecular flexibility index (Phi) is 7.90. The molecule has 0 unspecified atom stereocenters. The summed E-state index contributed by atoms with van der Waals surface area (Å²) in [7, 11) is 0.751. The minimum atomic E-state index is -3.32. The number of nitrogens with one attached hydrogen (secondary N) is 1. The van der Waals surface area contributed by atoms with Crippen molar-refractivity contribution in [2.45, 2.75) is 18.2 Å². The largest absolute Gasteiger partial charge is 0.491 e. The average molecular weight is 508 g/mol. The molecule has 0 aliphatic carbocycles. The van der Waals surface area contributed by atoms with Crippen molar-refractivity contribution in [2.24, 2.45) is 0 Å². The van der Waals surface area contributed by atoms with Gasteiger partial charge in [-0.2, -0.15) is 0 Å². The van der Waals surface area contributed by atoms with Gasteiger partial charge in [0.05, 0.1) is 27.8 Å². The third kappa shape index (κ3) is 5.27. The molecule has 2 aromatic heterocycles. The summed E-state index contributed by atoms with van der Waals surface area (Å²) in [5.41, 5.74) is 3.22. The molecule has 0 radical (unpaired) electrons. The zero-order valence-corrected chi connectivity index (χ0v) is 21.1. The Morgan fingerprint density at radius 3 is 2.67 bits per heavy atom. The van der Waals surface area contributed by atoms with E-state index in [1.54, 1.807) is 31.3 Å². The van der Waals surface area contributed by atoms with Crippen LogP contribution in [-0.2, 0) is 9.84 Å². The highest BCUT2D eigenvalue weighted by Crippen LogP contribution is 2.40. The topological polar surface area (TPSA) is 75.3 Å². The van der Waals surface area contributed by atoms with Crippen LogP contribution < -0.4 is 4.74 Å². The second kappa shape index (κ2) is 10.3. The smallest absolute Gasteiger partial charge is 0.178 e. The third-order valence-electron chi connectivity index (χ3n) is 5.43. The van der Waals surface area contributed by atoms with E-state index in [4.69, 9.17) is 16.3 Å². The van der Waals surface area contributed by atoms with Crippen molar-refractivity contribution in [1.29, 1.82) is 0 Å². The molecule has 1 N–H and O–H groups in total. The van der Waals surface area contributed by atoms with Gasteiger partial charge in [0.2, 0.25) is 0 Å². The number of ether oxygens (including phenoxy) is 1. The first-order valence-electron chi connectivity index (χ1n) is 10.5. The highest BCUT2D eigenvalue weighted by Gasteiger charge is 2.18. The summed E-state index contributed by atoms with van der Waals surface area (Å²) in [6.07, 6.45) is 2.50. The SMILES string of the molecule is CCS(=O)(=O)c1cccc(-c2ccc(OCCCN(C)C)c3[nH]c4ncc(Cl)cc4c23)c1.Cl. The molecule has 176 valence electrons. The molecule has 6 nitrogen and oxygen atoms in total. The van der Waals surface area contributed by atoms with Crippen LogP contribution in [0.2, 0.25) is 5.02 Å². The summed E-state index contributed by atoms with van der Waals surface area (Å²) in [5.74, 6) is 0.784. The number of aromatic nitrogens is 2. The molecule has 2 aromatic carbocycles. The number of hydrogen-bond acceptors (Lipinski definition) is 5. The lowest BCUT2D eigenvalue weighted by atomic mass is 9.99. The number of hydrogen-bond donors (Lipinski definition) is 1. The highest BCUT2D eigenvalue weighted by atomic mass is 35.5. The van der Waals surface area contributed by atoms with Crippen LogP contribution in [0.3, 0.4) is 0 Å². The van der Waals surface area contributed by atoms with Crippen LogP contribution >= 0.6 is 24.0 Å². The predicted molar refractivity (Wildman–Crippen MR) is 138 cm³/mol. The van der Waals surface area contributed by atoms with Crippen LogP contribution in [0.25, 0.3) is 33.1 Å². The van der Waals surface area contributed by atoms with E-state index in [9.17, 15) is 8.42 Å². The number of nitrogens with zero attached hydrogens (tertiary/aromatic N) is 2. The summed E-state index contributed by atoms with van der Waals surface area (Å²) < 4.78 is 31.0. The quantitative estimate of drug-likeness (QED) is 0.315. The van der Waals surface area contributed by atoms with Gasteiger partial charge < -0.3 is 14.6 Å². The molecule has 4 rings (SSSR count). The molecule has 0 saturated heterocycles. The summed E-state index contributed by atoms with van der Waals surface area (Å²) in [6, 6.07) is 12.8. The maximum atomic E-state index is 12.4. The van der Waals surface area contributed by atoms with E-state index in [1.807, 2.05) is 38.4 Å². The zero-order valence-electron chi connectivity index (χ0n) is 18.8. The first kappa shape index (κ1) is 25.3. The third-order valence-corrected chi connectivity index (χ3v) is 7.36. The van der Waals surface area contributed by atoms with Gasteiger partial charge in [0.15, 0.2) is 9.84 Å². The van der Waals surface area contributed by atoms with Crippen LogP contribution in [0, 0.1) is 0 Å². The van der Waals surface area contributed by atoms with E-state index >= 15 is 0 Å². The Morgan fingerprint density at radius 1 is 1.15 bits per heavy atom. The van der Waals surface area contributed by atoms with Crippen LogP contribution in [0.5, 0.6) is 5.75 Å². The predicted octanol–water partition coefficient (Wildman–Crippen LogP) is 5.58. The zero-order chi connectivity index (χ0) is 22.9. The molecule has 0 saturated carbocycles. The van der Waals surface area contributed by atoms with E-state index in [-0.39, 0.29) is 18.2 Å². The molecular formula is C24H27Cl2N3O3S. The van der Waals surface area contributed by atoms with Gasteiger partial charge in [-0.05, 0) is 62.0 Å². The Morgan fingerprint density at radius 2 is 1.94 bits per heavy atom. The lowest BCUT2D eigenvalue weighted by molar-refractivity contribution is 0.284. The molecule has 0 spiro atoms. The van der Waals surface area contributed by atoms with Gasteiger partial charge in [-0.25, -0.2) is 13.4 Å². The van der Waals surface area contributed by atoms with E-state index in [0.717, 1.165) is 46.1 Å². The van der Waals surface area contributed by atoms with Crippen LogP contribution in [-0.4, -0.2) is 56.3 Å². The van der Waals surface area contributed by atoms with Crippen molar-refractivity contribution in [1.82, 2.24) is 14.9 Å². The number of H-pyrrole nitrogens is 1. The minimum absolute atomic E-state index is 0. The van der Waals surface area contributed by atoms with Gasteiger partial charge in [0.1, 0.15) is 11.4 Å². The summed E-state index contributed by atoms with van der Waals surface area (Å²) in [4.78, 5) is 10.2. The van der Waals surface area contributed by atoms with Crippen molar-refractivity contribution >= 4 is 55.8 Å². The highest BCUT2D eigenvalue weighted by molar-refractivity contribution is 7.91. The van der Waals surface area contributed by atoms with E-state index in [0.29, 0.717) is 22.2 Å². The summed E-state index contributed by atoms with van der Waals surface area (Å²) in [5, 5.41) is 2.31. The number of halogens is 2. The molecule has 0 bridgehead atoms. The van der Waals surface area contributed by atoms with Gasteiger partial charge in [-0.1, -0.05) is 30.7 Å². The Balaban J connectivity index is 0.00000306. The summed E-state index contributed by atoms with van der Waals surface area (Å²) >= 11 is 6.26. The lowest BCUT2D eigenvalue weighted by Crippen LogP contribution is -2.15. The minimum Gasteiger partial charge on any atom is -0.491 e. The van der Waals surface area contributed by atoms with Crippen molar-refractivity contribution in [2.75, 3.05) is 33.0 Å². The molecule has 4 aromatic rings. The van der Waals surface area contributed by atoms with Crippen LogP contribution in [0.15, 0.2) is 53.6 Å². The van der Waals surface area contributed by atoms with Crippen molar-refractivity contribution < 1.29 is 13.2 Å². The Bertz CT molecular complexity index is 1380. The molecule has 0 fully saturated rings. The fourth-order valence-corrected chi connectivity index (χ4v) is 4.87. The van der Waals surface area contributed by atoms with Gasteiger partial charge in [0, 0.05) is 23.5 Å². The van der Waals surface area contributed by atoms with Gasteiger partial charge in [0.25, 0.3) is 0 Å². The van der Waals surface area contributed by atoms with E-state index < -0.39 is 9.84 Å². The maximum absolute atomic E-state index is 12.4. The number of benzene rings is 2. The van der Waals surface area contributed by atoms with Crippen molar-refractivity contribution in [3.8, 4) is 16.9 Å². The van der Waals surface area contributed by atoms with E-state index in [2.05, 4.69) is 14.9 Å². The Labute approximate surface area is 205 Å².